The fourth-order valence-corrected chi connectivity index (χ4v) is 7.27. The van der Waals surface area contributed by atoms with Crippen molar-refractivity contribution in [3.63, 3.8) is 0 Å². The SMILES string of the molecule is C=NCc1cccc2sc3c(-c4nc(-c5ccccc5)c5sc6ccccc6c5n4)cccc3c12. The lowest BCUT2D eigenvalue weighted by atomic mass is 10.0. The largest absolute Gasteiger partial charge is 0.296 e. The van der Waals surface area contributed by atoms with Crippen molar-refractivity contribution in [1.29, 1.82) is 0 Å². The zero-order valence-electron chi connectivity index (χ0n) is 18.7. The maximum Gasteiger partial charge on any atom is 0.161 e. The second-order valence-electron chi connectivity index (χ2n) is 8.49. The third kappa shape index (κ3) is 3.20. The molecule has 3 heterocycles. The molecule has 0 saturated carbocycles. The molecule has 0 amide bonds. The van der Waals surface area contributed by atoms with Crippen LogP contribution in [-0.2, 0) is 6.54 Å². The summed E-state index contributed by atoms with van der Waals surface area (Å²) in [5, 5.41) is 3.66. The van der Waals surface area contributed by atoms with Gasteiger partial charge < -0.3 is 0 Å². The number of aliphatic imine (C=N–C) groups is 1. The van der Waals surface area contributed by atoms with Crippen LogP contribution < -0.4 is 0 Å². The Kier molecular flexibility index (Phi) is 4.72. The third-order valence-electron chi connectivity index (χ3n) is 6.40. The molecule has 0 unspecified atom stereocenters. The van der Waals surface area contributed by atoms with Gasteiger partial charge in [0, 0.05) is 41.4 Å². The molecule has 0 N–H and O–H groups in total. The van der Waals surface area contributed by atoms with Crippen molar-refractivity contribution >= 4 is 69.9 Å². The summed E-state index contributed by atoms with van der Waals surface area (Å²) in [6.45, 7) is 4.32. The number of rotatable bonds is 4. The van der Waals surface area contributed by atoms with Gasteiger partial charge >= 0.3 is 0 Å². The van der Waals surface area contributed by atoms with Gasteiger partial charge in [-0.05, 0) is 30.5 Å². The van der Waals surface area contributed by atoms with Gasteiger partial charge in [-0.15, -0.1) is 22.7 Å². The van der Waals surface area contributed by atoms with Gasteiger partial charge in [0.2, 0.25) is 0 Å². The minimum absolute atomic E-state index is 0.606. The number of thiophene rings is 2. The predicted molar refractivity (Wildman–Crippen MR) is 152 cm³/mol. The van der Waals surface area contributed by atoms with Gasteiger partial charge in [0.25, 0.3) is 0 Å². The highest BCUT2D eigenvalue weighted by Crippen LogP contribution is 2.43. The van der Waals surface area contributed by atoms with Crippen LogP contribution in [0.1, 0.15) is 5.56 Å². The molecule has 0 bridgehead atoms. The first-order valence-electron chi connectivity index (χ1n) is 11.4. The van der Waals surface area contributed by atoms with Crippen molar-refractivity contribution in [2.75, 3.05) is 0 Å². The third-order valence-corrected chi connectivity index (χ3v) is 8.77. The van der Waals surface area contributed by atoms with E-state index in [-0.39, 0.29) is 0 Å². The van der Waals surface area contributed by atoms with E-state index in [1.165, 1.54) is 35.8 Å². The molecule has 35 heavy (non-hydrogen) atoms. The Morgan fingerprint density at radius 2 is 1.43 bits per heavy atom. The standard InChI is InChI=1S/C30H19N3S2/c1-31-17-19-11-7-16-24-25(19)21-13-8-14-22(28(21)35-24)30-32-26(18-9-3-2-4-10-18)29-27(33-30)20-12-5-6-15-23(20)34-29/h2-16H,1,17H2. The molecule has 5 heteroatoms. The molecule has 166 valence electrons. The maximum atomic E-state index is 5.19. The molecule has 0 radical (unpaired) electrons. The molecular formula is C30H19N3S2. The van der Waals surface area contributed by atoms with Crippen LogP contribution in [0, 0.1) is 0 Å². The molecule has 4 aromatic carbocycles. The average Bonchev–Trinajstić information content (AvgIpc) is 3.48. The van der Waals surface area contributed by atoms with Crippen LogP contribution >= 0.6 is 22.7 Å². The minimum atomic E-state index is 0.606. The minimum Gasteiger partial charge on any atom is -0.296 e. The van der Waals surface area contributed by atoms with Crippen molar-refractivity contribution in [3.05, 3.63) is 96.6 Å². The van der Waals surface area contributed by atoms with Crippen molar-refractivity contribution in [1.82, 2.24) is 9.97 Å². The van der Waals surface area contributed by atoms with E-state index in [0.29, 0.717) is 6.54 Å². The summed E-state index contributed by atoms with van der Waals surface area (Å²) < 4.78 is 4.81. The second-order valence-corrected chi connectivity index (χ2v) is 10.6. The number of benzene rings is 4. The van der Waals surface area contributed by atoms with Crippen LogP contribution in [0.2, 0.25) is 0 Å². The van der Waals surface area contributed by atoms with Crippen LogP contribution in [0.5, 0.6) is 0 Å². The number of fused-ring (bicyclic) bond motifs is 6. The number of nitrogens with zero attached hydrogens (tertiary/aromatic N) is 3. The van der Waals surface area contributed by atoms with E-state index in [1.54, 1.807) is 22.7 Å². The number of hydrogen-bond donors (Lipinski definition) is 0. The van der Waals surface area contributed by atoms with Crippen molar-refractivity contribution in [2.45, 2.75) is 6.54 Å². The van der Waals surface area contributed by atoms with Crippen LogP contribution in [0.25, 0.3) is 63.1 Å². The van der Waals surface area contributed by atoms with Crippen LogP contribution in [-0.4, -0.2) is 16.7 Å². The van der Waals surface area contributed by atoms with E-state index in [1.807, 2.05) is 6.07 Å². The monoisotopic (exact) mass is 485 g/mol. The molecule has 0 aliphatic heterocycles. The normalized spacial score (nSPS) is 11.7. The van der Waals surface area contributed by atoms with E-state index < -0.39 is 0 Å². The van der Waals surface area contributed by atoms with Crippen molar-refractivity contribution in [2.24, 2.45) is 4.99 Å². The van der Waals surface area contributed by atoms with Crippen molar-refractivity contribution < 1.29 is 0 Å². The van der Waals surface area contributed by atoms with Crippen LogP contribution in [0.3, 0.4) is 0 Å². The molecular weight excluding hydrogens is 466 g/mol. The molecule has 7 aromatic rings. The quantitative estimate of drug-likeness (QED) is 0.234. The Morgan fingerprint density at radius 1 is 0.686 bits per heavy atom. The highest BCUT2D eigenvalue weighted by molar-refractivity contribution is 7.26. The molecule has 0 atom stereocenters. The summed E-state index contributed by atoms with van der Waals surface area (Å²) >= 11 is 3.56. The van der Waals surface area contributed by atoms with E-state index >= 15 is 0 Å². The summed E-state index contributed by atoms with van der Waals surface area (Å²) in [5.41, 5.74) is 5.38. The maximum absolute atomic E-state index is 5.19. The van der Waals surface area contributed by atoms with Gasteiger partial charge in [-0.3, -0.25) is 4.99 Å². The fraction of sp³-hybridized carbons (Fsp3) is 0.0333. The molecule has 0 aliphatic carbocycles. The Labute approximate surface area is 210 Å². The summed E-state index contributed by atoms with van der Waals surface area (Å²) in [5.74, 6) is 0.764. The lowest BCUT2D eigenvalue weighted by Gasteiger charge is -2.08. The summed E-state index contributed by atoms with van der Waals surface area (Å²) in [7, 11) is 0. The van der Waals surface area contributed by atoms with E-state index in [9.17, 15) is 0 Å². The number of aromatic nitrogens is 2. The lowest BCUT2D eigenvalue weighted by molar-refractivity contribution is 1.10. The second kappa shape index (κ2) is 8.08. The van der Waals surface area contributed by atoms with E-state index in [0.717, 1.165) is 32.9 Å². The van der Waals surface area contributed by atoms with Gasteiger partial charge in [-0.25, -0.2) is 9.97 Å². The topological polar surface area (TPSA) is 38.1 Å². The molecule has 3 nitrogen and oxygen atoms in total. The van der Waals surface area contributed by atoms with Gasteiger partial charge in [0.05, 0.1) is 22.5 Å². The Morgan fingerprint density at radius 3 is 2.31 bits per heavy atom. The molecule has 3 aromatic heterocycles. The van der Waals surface area contributed by atoms with Crippen molar-refractivity contribution in [3.8, 4) is 22.6 Å². The molecule has 7 rings (SSSR count). The molecule has 0 aliphatic rings. The highest BCUT2D eigenvalue weighted by Gasteiger charge is 2.19. The zero-order chi connectivity index (χ0) is 23.4. The Bertz CT molecular complexity index is 1900. The van der Waals surface area contributed by atoms with E-state index in [2.05, 4.69) is 96.6 Å². The first-order valence-corrected chi connectivity index (χ1v) is 13.1. The molecule has 0 fully saturated rings. The Balaban J connectivity index is 1.57. The smallest absolute Gasteiger partial charge is 0.161 e. The van der Waals surface area contributed by atoms with Gasteiger partial charge in [0.15, 0.2) is 5.82 Å². The van der Waals surface area contributed by atoms with Crippen LogP contribution in [0.15, 0.2) is 96.0 Å². The summed E-state index contributed by atoms with van der Waals surface area (Å²) in [6.07, 6.45) is 0. The fourth-order valence-electron chi connectivity index (χ4n) is 4.85. The van der Waals surface area contributed by atoms with Gasteiger partial charge in [-0.2, -0.15) is 0 Å². The average molecular weight is 486 g/mol. The molecule has 0 saturated heterocycles. The summed E-state index contributed by atoms with van der Waals surface area (Å²) in [4.78, 5) is 14.5. The number of hydrogen-bond acceptors (Lipinski definition) is 5. The lowest BCUT2D eigenvalue weighted by Crippen LogP contribution is -1.93. The zero-order valence-corrected chi connectivity index (χ0v) is 20.4. The van der Waals surface area contributed by atoms with Gasteiger partial charge in [-0.1, -0.05) is 72.8 Å². The van der Waals surface area contributed by atoms with E-state index in [4.69, 9.17) is 9.97 Å². The van der Waals surface area contributed by atoms with Gasteiger partial charge in [0.1, 0.15) is 0 Å². The first kappa shape index (κ1) is 20.4. The first-order chi connectivity index (χ1) is 17.3. The molecule has 0 spiro atoms. The predicted octanol–water partition coefficient (Wildman–Crippen LogP) is 8.75. The highest BCUT2D eigenvalue weighted by atomic mass is 32.1. The van der Waals surface area contributed by atoms with Crippen LogP contribution in [0.4, 0.5) is 0 Å². The Hall–Kier alpha value is -3.93. The summed E-state index contributed by atoms with van der Waals surface area (Å²) in [6, 6.07) is 31.8.